The molecule has 0 amide bonds. The van der Waals surface area contributed by atoms with Gasteiger partial charge in [-0.1, -0.05) is 17.7 Å². The maximum Gasteiger partial charge on any atom is 0.128 e. The Balaban J connectivity index is 2.31. The van der Waals surface area contributed by atoms with Crippen LogP contribution in [0.15, 0.2) is 24.4 Å². The van der Waals surface area contributed by atoms with Gasteiger partial charge >= 0.3 is 0 Å². The Labute approximate surface area is 96.5 Å². The number of rotatable bonds is 2. The van der Waals surface area contributed by atoms with Crippen molar-refractivity contribution in [2.24, 2.45) is 0 Å². The zero-order valence-corrected chi connectivity index (χ0v) is 9.70. The third-order valence-corrected chi connectivity index (χ3v) is 3.33. The normalized spacial score (nSPS) is 10.6. The monoisotopic (exact) mass is 241 g/mol. The van der Waals surface area contributed by atoms with Gasteiger partial charge in [0.15, 0.2) is 0 Å². The molecule has 2 rings (SSSR count). The van der Waals surface area contributed by atoms with Crippen molar-refractivity contribution in [2.45, 2.75) is 13.3 Å². The zero-order valence-electron chi connectivity index (χ0n) is 8.13. The minimum Gasteiger partial charge on any atom is -0.249 e. The zero-order chi connectivity index (χ0) is 10.8. The number of halogens is 2. The summed E-state index contributed by atoms with van der Waals surface area (Å²) in [5.41, 5.74) is 0.522. The van der Waals surface area contributed by atoms with Gasteiger partial charge in [-0.05, 0) is 19.1 Å². The highest BCUT2D eigenvalue weighted by molar-refractivity contribution is 7.11. The number of hydrogen-bond acceptors (Lipinski definition) is 2. The quantitative estimate of drug-likeness (QED) is 0.779. The van der Waals surface area contributed by atoms with E-state index in [4.69, 9.17) is 11.6 Å². The molecule has 78 valence electrons. The molecular formula is C11H9ClFNS. The first-order chi connectivity index (χ1) is 7.16. The van der Waals surface area contributed by atoms with Gasteiger partial charge in [-0.2, -0.15) is 0 Å². The Morgan fingerprint density at radius 3 is 2.87 bits per heavy atom. The average molecular weight is 242 g/mol. The van der Waals surface area contributed by atoms with Crippen LogP contribution < -0.4 is 0 Å². The van der Waals surface area contributed by atoms with Gasteiger partial charge < -0.3 is 0 Å². The smallest absolute Gasteiger partial charge is 0.128 e. The summed E-state index contributed by atoms with van der Waals surface area (Å²) in [7, 11) is 0. The van der Waals surface area contributed by atoms with E-state index >= 15 is 0 Å². The molecule has 0 N–H and O–H groups in total. The lowest BCUT2D eigenvalue weighted by atomic mass is 10.1. The Morgan fingerprint density at radius 2 is 2.27 bits per heavy atom. The van der Waals surface area contributed by atoms with E-state index in [1.165, 1.54) is 6.07 Å². The van der Waals surface area contributed by atoms with Crippen molar-refractivity contribution in [2.75, 3.05) is 0 Å². The molecule has 0 aliphatic heterocycles. The van der Waals surface area contributed by atoms with Crippen LogP contribution in [0.1, 0.15) is 15.4 Å². The predicted molar refractivity (Wildman–Crippen MR) is 61.1 cm³/mol. The van der Waals surface area contributed by atoms with Crippen LogP contribution in [0.2, 0.25) is 5.02 Å². The van der Waals surface area contributed by atoms with Crippen molar-refractivity contribution in [1.29, 1.82) is 0 Å². The van der Waals surface area contributed by atoms with E-state index in [2.05, 4.69) is 4.98 Å². The molecule has 0 aliphatic carbocycles. The Kier molecular flexibility index (Phi) is 3.03. The molecule has 2 aromatic rings. The highest BCUT2D eigenvalue weighted by Crippen LogP contribution is 2.23. The Hall–Kier alpha value is -0.930. The lowest BCUT2D eigenvalue weighted by Gasteiger charge is -2.02. The lowest BCUT2D eigenvalue weighted by molar-refractivity contribution is 0.614. The molecule has 0 radical (unpaired) electrons. The van der Waals surface area contributed by atoms with Crippen LogP contribution in [0.4, 0.5) is 4.39 Å². The first kappa shape index (κ1) is 10.6. The molecular weight excluding hydrogens is 233 g/mol. The van der Waals surface area contributed by atoms with Crippen molar-refractivity contribution in [1.82, 2.24) is 4.98 Å². The van der Waals surface area contributed by atoms with Crippen molar-refractivity contribution in [3.05, 3.63) is 50.7 Å². The van der Waals surface area contributed by atoms with Crippen LogP contribution in [-0.2, 0) is 6.42 Å². The fourth-order valence-electron chi connectivity index (χ4n) is 1.34. The molecule has 4 heteroatoms. The van der Waals surface area contributed by atoms with Gasteiger partial charge in [0.1, 0.15) is 5.82 Å². The maximum absolute atomic E-state index is 13.4. The summed E-state index contributed by atoms with van der Waals surface area (Å²) in [6, 6.07) is 4.72. The topological polar surface area (TPSA) is 12.9 Å². The number of aromatic nitrogens is 1. The first-order valence-corrected chi connectivity index (χ1v) is 5.70. The van der Waals surface area contributed by atoms with E-state index < -0.39 is 0 Å². The Bertz CT molecular complexity index is 461. The third-order valence-electron chi connectivity index (χ3n) is 2.06. The molecule has 15 heavy (non-hydrogen) atoms. The summed E-state index contributed by atoms with van der Waals surface area (Å²) in [6.07, 6.45) is 2.25. The van der Waals surface area contributed by atoms with E-state index in [-0.39, 0.29) is 5.82 Å². The number of hydrogen-bond donors (Lipinski definition) is 0. The second kappa shape index (κ2) is 4.29. The molecule has 1 nitrogen and oxygen atoms in total. The number of aryl methyl sites for hydroxylation is 1. The van der Waals surface area contributed by atoms with Crippen molar-refractivity contribution >= 4 is 22.9 Å². The molecule has 0 saturated heterocycles. The highest BCUT2D eigenvalue weighted by atomic mass is 35.5. The Morgan fingerprint density at radius 1 is 1.47 bits per heavy atom. The second-order valence-corrected chi connectivity index (χ2v) is 4.97. The van der Waals surface area contributed by atoms with E-state index in [9.17, 15) is 4.39 Å². The van der Waals surface area contributed by atoms with Gasteiger partial charge in [-0.25, -0.2) is 9.37 Å². The van der Waals surface area contributed by atoms with Crippen molar-refractivity contribution < 1.29 is 4.39 Å². The minimum absolute atomic E-state index is 0.268. The van der Waals surface area contributed by atoms with Crippen LogP contribution in [-0.4, -0.2) is 4.98 Å². The number of thiazole rings is 1. The molecule has 1 aromatic carbocycles. The van der Waals surface area contributed by atoms with Crippen LogP contribution >= 0.6 is 22.9 Å². The minimum atomic E-state index is -0.268. The standard InChI is InChI=1S/C11H9ClFNS/c1-7-6-14-11(15-7)5-8-9(12)3-2-4-10(8)13/h2-4,6H,5H2,1H3. The molecule has 0 fully saturated rings. The van der Waals surface area contributed by atoms with Crippen LogP contribution in [0, 0.1) is 12.7 Å². The summed E-state index contributed by atoms with van der Waals surface area (Å²) in [4.78, 5) is 5.31. The molecule has 0 spiro atoms. The fourth-order valence-corrected chi connectivity index (χ4v) is 2.36. The molecule has 0 aliphatic rings. The molecule has 0 bridgehead atoms. The number of benzene rings is 1. The molecule has 0 atom stereocenters. The summed E-state index contributed by atoms with van der Waals surface area (Å²) < 4.78 is 13.4. The third kappa shape index (κ3) is 2.36. The lowest BCUT2D eigenvalue weighted by Crippen LogP contribution is -1.92. The fraction of sp³-hybridized carbons (Fsp3) is 0.182. The van der Waals surface area contributed by atoms with Crippen molar-refractivity contribution in [3.8, 4) is 0 Å². The van der Waals surface area contributed by atoms with Gasteiger partial charge in [0.2, 0.25) is 0 Å². The van der Waals surface area contributed by atoms with Crippen LogP contribution in [0.25, 0.3) is 0 Å². The first-order valence-electron chi connectivity index (χ1n) is 4.51. The molecule has 0 saturated carbocycles. The van der Waals surface area contributed by atoms with E-state index in [0.29, 0.717) is 17.0 Å². The van der Waals surface area contributed by atoms with Gasteiger partial charge in [-0.15, -0.1) is 11.3 Å². The molecule has 0 unspecified atom stereocenters. The molecule has 1 aromatic heterocycles. The van der Waals surface area contributed by atoms with Gasteiger partial charge in [0, 0.05) is 28.1 Å². The summed E-state index contributed by atoms with van der Waals surface area (Å²) in [5, 5.41) is 1.35. The largest absolute Gasteiger partial charge is 0.249 e. The SMILES string of the molecule is Cc1cnc(Cc2c(F)cccc2Cl)s1. The summed E-state index contributed by atoms with van der Waals surface area (Å²) in [6.45, 7) is 1.98. The average Bonchev–Trinajstić information content (AvgIpc) is 2.58. The summed E-state index contributed by atoms with van der Waals surface area (Å²) in [5.74, 6) is -0.268. The van der Waals surface area contributed by atoms with Gasteiger partial charge in [-0.3, -0.25) is 0 Å². The predicted octanol–water partition coefficient (Wildman–Crippen LogP) is 3.83. The van der Waals surface area contributed by atoms with E-state index in [0.717, 1.165) is 9.88 Å². The highest BCUT2D eigenvalue weighted by Gasteiger charge is 2.09. The van der Waals surface area contributed by atoms with E-state index in [1.807, 2.05) is 6.92 Å². The van der Waals surface area contributed by atoms with E-state index in [1.54, 1.807) is 29.7 Å². The molecule has 1 heterocycles. The second-order valence-electron chi connectivity index (χ2n) is 3.24. The van der Waals surface area contributed by atoms with Crippen LogP contribution in [0.3, 0.4) is 0 Å². The van der Waals surface area contributed by atoms with Gasteiger partial charge in [0.05, 0.1) is 5.01 Å². The summed E-state index contributed by atoms with van der Waals surface area (Å²) >= 11 is 7.49. The van der Waals surface area contributed by atoms with Crippen LogP contribution in [0.5, 0.6) is 0 Å². The van der Waals surface area contributed by atoms with Crippen molar-refractivity contribution in [3.63, 3.8) is 0 Å². The maximum atomic E-state index is 13.4. The number of nitrogens with zero attached hydrogens (tertiary/aromatic N) is 1. The van der Waals surface area contributed by atoms with Gasteiger partial charge in [0.25, 0.3) is 0 Å².